The second-order valence-corrected chi connectivity index (χ2v) is 3.84. The Labute approximate surface area is 89.9 Å². The fourth-order valence-corrected chi connectivity index (χ4v) is 1.93. The van der Waals surface area contributed by atoms with E-state index < -0.39 is 0 Å². The van der Waals surface area contributed by atoms with Gasteiger partial charge in [-0.05, 0) is 31.0 Å². The molecule has 0 aliphatic heterocycles. The molecule has 3 nitrogen and oxygen atoms in total. The van der Waals surface area contributed by atoms with E-state index in [2.05, 4.69) is 41.6 Å². The molecule has 0 bridgehead atoms. The van der Waals surface area contributed by atoms with Crippen molar-refractivity contribution in [3.63, 3.8) is 0 Å². The number of benzene rings is 1. The molecule has 0 saturated carbocycles. The summed E-state index contributed by atoms with van der Waals surface area (Å²) in [5.41, 5.74) is 9.03. The van der Waals surface area contributed by atoms with Crippen LogP contribution in [-0.4, -0.2) is 9.55 Å². The van der Waals surface area contributed by atoms with Crippen molar-refractivity contribution in [3.05, 3.63) is 29.6 Å². The average molecular weight is 203 g/mol. The molecule has 0 aliphatic rings. The van der Waals surface area contributed by atoms with Crippen LogP contribution < -0.4 is 5.73 Å². The Morgan fingerprint density at radius 3 is 2.87 bits per heavy atom. The third-order valence-corrected chi connectivity index (χ3v) is 2.69. The van der Waals surface area contributed by atoms with Gasteiger partial charge in [-0.15, -0.1) is 0 Å². The summed E-state index contributed by atoms with van der Waals surface area (Å²) in [6, 6.07) is 6.28. The first-order valence-corrected chi connectivity index (χ1v) is 5.42. The number of nitrogens with zero attached hydrogens (tertiary/aromatic N) is 2. The highest BCUT2D eigenvalue weighted by Gasteiger charge is 2.06. The normalized spacial score (nSPS) is 11.1. The molecule has 1 aromatic heterocycles. The van der Waals surface area contributed by atoms with Crippen molar-refractivity contribution < 1.29 is 0 Å². The van der Waals surface area contributed by atoms with E-state index in [1.165, 1.54) is 5.52 Å². The van der Waals surface area contributed by atoms with Crippen molar-refractivity contribution >= 4 is 11.0 Å². The number of nitrogens with two attached hydrogens (primary N) is 1. The molecular formula is C12H17N3. The standard InChI is InChI=1S/C12H17N3/c1-3-6-15-9(2)14-11-7-10(8-13)4-5-12(11)15/h4-5,7H,3,6,8,13H2,1-2H3. The number of hydrogen-bond donors (Lipinski definition) is 1. The molecule has 80 valence electrons. The van der Waals surface area contributed by atoms with Crippen LogP contribution in [0.5, 0.6) is 0 Å². The first kappa shape index (κ1) is 10.2. The molecule has 2 aromatic rings. The van der Waals surface area contributed by atoms with Gasteiger partial charge in [0.25, 0.3) is 0 Å². The van der Waals surface area contributed by atoms with Gasteiger partial charge in [0.1, 0.15) is 5.82 Å². The topological polar surface area (TPSA) is 43.8 Å². The third-order valence-electron chi connectivity index (χ3n) is 2.69. The minimum atomic E-state index is 0.579. The SMILES string of the molecule is CCCn1c(C)nc2cc(CN)ccc21. The molecule has 0 atom stereocenters. The largest absolute Gasteiger partial charge is 0.328 e. The number of aromatic nitrogens is 2. The second-order valence-electron chi connectivity index (χ2n) is 3.84. The number of rotatable bonds is 3. The highest BCUT2D eigenvalue weighted by atomic mass is 15.1. The van der Waals surface area contributed by atoms with Gasteiger partial charge in [-0.25, -0.2) is 4.98 Å². The lowest BCUT2D eigenvalue weighted by atomic mass is 10.2. The first-order valence-electron chi connectivity index (χ1n) is 5.42. The highest BCUT2D eigenvalue weighted by Crippen LogP contribution is 2.17. The molecule has 0 saturated heterocycles. The summed E-state index contributed by atoms with van der Waals surface area (Å²) in [7, 11) is 0. The summed E-state index contributed by atoms with van der Waals surface area (Å²) in [4.78, 5) is 4.55. The Hall–Kier alpha value is -1.35. The third kappa shape index (κ3) is 1.75. The maximum atomic E-state index is 5.61. The maximum absolute atomic E-state index is 5.61. The fourth-order valence-electron chi connectivity index (χ4n) is 1.93. The van der Waals surface area contributed by atoms with E-state index in [0.29, 0.717) is 6.54 Å². The molecule has 0 unspecified atom stereocenters. The van der Waals surface area contributed by atoms with Gasteiger partial charge in [0.2, 0.25) is 0 Å². The van der Waals surface area contributed by atoms with Crippen LogP contribution in [0.1, 0.15) is 24.7 Å². The Morgan fingerprint density at radius 1 is 1.40 bits per heavy atom. The molecular weight excluding hydrogens is 186 g/mol. The zero-order chi connectivity index (χ0) is 10.8. The molecule has 0 radical (unpaired) electrons. The average Bonchev–Trinajstić information content (AvgIpc) is 2.55. The van der Waals surface area contributed by atoms with Crippen LogP contribution in [-0.2, 0) is 13.1 Å². The smallest absolute Gasteiger partial charge is 0.106 e. The van der Waals surface area contributed by atoms with E-state index in [9.17, 15) is 0 Å². The zero-order valence-electron chi connectivity index (χ0n) is 9.33. The van der Waals surface area contributed by atoms with Gasteiger partial charge in [0, 0.05) is 13.1 Å². The number of hydrogen-bond acceptors (Lipinski definition) is 2. The molecule has 1 aromatic carbocycles. The van der Waals surface area contributed by atoms with Crippen molar-refractivity contribution in [1.82, 2.24) is 9.55 Å². The Bertz CT molecular complexity index is 471. The van der Waals surface area contributed by atoms with Crippen molar-refractivity contribution in [2.45, 2.75) is 33.4 Å². The van der Waals surface area contributed by atoms with Crippen LogP contribution in [0.4, 0.5) is 0 Å². The van der Waals surface area contributed by atoms with Crippen LogP contribution in [0.15, 0.2) is 18.2 Å². The molecule has 2 N–H and O–H groups in total. The van der Waals surface area contributed by atoms with Crippen LogP contribution in [0, 0.1) is 6.92 Å². The molecule has 15 heavy (non-hydrogen) atoms. The van der Waals surface area contributed by atoms with E-state index >= 15 is 0 Å². The number of aryl methyl sites for hydroxylation is 2. The Kier molecular flexibility index (Phi) is 2.73. The van der Waals surface area contributed by atoms with E-state index in [-0.39, 0.29) is 0 Å². The lowest BCUT2D eigenvalue weighted by Crippen LogP contribution is -1.99. The van der Waals surface area contributed by atoms with Crippen LogP contribution in [0.25, 0.3) is 11.0 Å². The van der Waals surface area contributed by atoms with Gasteiger partial charge in [-0.1, -0.05) is 13.0 Å². The van der Waals surface area contributed by atoms with Crippen molar-refractivity contribution in [3.8, 4) is 0 Å². The number of fused-ring (bicyclic) bond motifs is 1. The van der Waals surface area contributed by atoms with Gasteiger partial charge in [0.05, 0.1) is 11.0 Å². The van der Waals surface area contributed by atoms with Gasteiger partial charge < -0.3 is 10.3 Å². The van der Waals surface area contributed by atoms with Crippen LogP contribution in [0.3, 0.4) is 0 Å². The Morgan fingerprint density at radius 2 is 2.20 bits per heavy atom. The van der Waals surface area contributed by atoms with Gasteiger partial charge in [-0.2, -0.15) is 0 Å². The van der Waals surface area contributed by atoms with Crippen molar-refractivity contribution in [2.24, 2.45) is 5.73 Å². The summed E-state index contributed by atoms with van der Waals surface area (Å²) < 4.78 is 2.26. The minimum absolute atomic E-state index is 0.579. The molecule has 0 aliphatic carbocycles. The first-order chi connectivity index (χ1) is 7.26. The number of imidazole rings is 1. The van der Waals surface area contributed by atoms with E-state index in [1.807, 2.05) is 0 Å². The highest BCUT2D eigenvalue weighted by molar-refractivity contribution is 5.76. The summed E-state index contributed by atoms with van der Waals surface area (Å²) >= 11 is 0. The zero-order valence-corrected chi connectivity index (χ0v) is 9.33. The Balaban J connectivity index is 2.58. The van der Waals surface area contributed by atoms with Gasteiger partial charge in [-0.3, -0.25) is 0 Å². The van der Waals surface area contributed by atoms with Crippen LogP contribution >= 0.6 is 0 Å². The second kappa shape index (κ2) is 4.03. The molecule has 2 rings (SSSR count). The summed E-state index contributed by atoms with van der Waals surface area (Å²) in [5, 5.41) is 0. The predicted molar refractivity (Wildman–Crippen MR) is 62.7 cm³/mol. The summed E-state index contributed by atoms with van der Waals surface area (Å²) in [6.45, 7) is 5.84. The molecule has 0 fully saturated rings. The predicted octanol–water partition coefficient (Wildman–Crippen LogP) is 2.21. The monoisotopic (exact) mass is 203 g/mol. The molecule has 3 heteroatoms. The van der Waals surface area contributed by atoms with E-state index in [1.54, 1.807) is 0 Å². The molecule has 0 amide bonds. The lowest BCUT2D eigenvalue weighted by Gasteiger charge is -2.04. The summed E-state index contributed by atoms with van der Waals surface area (Å²) in [5.74, 6) is 1.08. The van der Waals surface area contributed by atoms with Gasteiger partial charge >= 0.3 is 0 Å². The van der Waals surface area contributed by atoms with Gasteiger partial charge in [0.15, 0.2) is 0 Å². The minimum Gasteiger partial charge on any atom is -0.328 e. The van der Waals surface area contributed by atoms with Crippen LogP contribution in [0.2, 0.25) is 0 Å². The van der Waals surface area contributed by atoms with E-state index in [0.717, 1.165) is 29.9 Å². The quantitative estimate of drug-likeness (QED) is 0.831. The van der Waals surface area contributed by atoms with Crippen molar-refractivity contribution in [2.75, 3.05) is 0 Å². The molecule has 1 heterocycles. The lowest BCUT2D eigenvalue weighted by molar-refractivity contribution is 0.676. The summed E-state index contributed by atoms with van der Waals surface area (Å²) in [6.07, 6.45) is 1.13. The molecule has 0 spiro atoms. The maximum Gasteiger partial charge on any atom is 0.106 e. The van der Waals surface area contributed by atoms with E-state index in [4.69, 9.17) is 5.73 Å². The van der Waals surface area contributed by atoms with Crippen molar-refractivity contribution in [1.29, 1.82) is 0 Å². The fraction of sp³-hybridized carbons (Fsp3) is 0.417.